The maximum Gasteiger partial charge on any atom is 0.161 e. The van der Waals surface area contributed by atoms with Crippen molar-refractivity contribution in [3.63, 3.8) is 0 Å². The van der Waals surface area contributed by atoms with Crippen molar-refractivity contribution in [2.45, 2.75) is 20.3 Å². The number of aromatic nitrogens is 2. The molecule has 0 spiro atoms. The van der Waals surface area contributed by atoms with Crippen LogP contribution in [0.1, 0.15) is 19.5 Å². The van der Waals surface area contributed by atoms with E-state index in [4.69, 9.17) is 0 Å². The van der Waals surface area contributed by atoms with Crippen LogP contribution >= 0.6 is 0 Å². The van der Waals surface area contributed by atoms with Gasteiger partial charge in [-0.3, -0.25) is 0 Å². The summed E-state index contributed by atoms with van der Waals surface area (Å²) in [5.41, 5.74) is 2.12. The molecule has 0 aliphatic heterocycles. The molecule has 0 radical (unpaired) electrons. The van der Waals surface area contributed by atoms with E-state index in [9.17, 15) is 0 Å². The van der Waals surface area contributed by atoms with Crippen LogP contribution in [0.2, 0.25) is 0 Å². The zero-order chi connectivity index (χ0) is 14.7. The number of nitrogens with one attached hydrogen (secondary N) is 1. The quantitative estimate of drug-likeness (QED) is 0.773. The molecule has 3 aromatic rings. The molecule has 1 N–H and O–H groups in total. The number of hydrogen-bond donors (Lipinski definition) is 1. The van der Waals surface area contributed by atoms with E-state index in [1.165, 1.54) is 10.8 Å². The smallest absolute Gasteiger partial charge is 0.161 e. The number of nitrogens with zero attached hydrogens (tertiary/aromatic N) is 2. The van der Waals surface area contributed by atoms with Crippen molar-refractivity contribution in [2.24, 2.45) is 0 Å². The van der Waals surface area contributed by atoms with Gasteiger partial charge in [-0.05, 0) is 30.2 Å². The summed E-state index contributed by atoms with van der Waals surface area (Å²) in [6.45, 7) is 5.04. The summed E-state index contributed by atoms with van der Waals surface area (Å²) in [4.78, 5) is 9.29. The molecule has 0 saturated carbocycles. The van der Waals surface area contributed by atoms with Crippen LogP contribution in [-0.2, 0) is 6.42 Å². The highest BCUT2D eigenvalue weighted by molar-refractivity contribution is 5.86. The lowest BCUT2D eigenvalue weighted by Crippen LogP contribution is -2.03. The molecule has 3 nitrogen and oxygen atoms in total. The summed E-state index contributed by atoms with van der Waals surface area (Å²) in [6.07, 6.45) is 0.904. The molecule has 0 aliphatic carbocycles. The van der Waals surface area contributed by atoms with Crippen molar-refractivity contribution in [2.75, 3.05) is 11.9 Å². The minimum Gasteiger partial charge on any atom is -0.370 e. The van der Waals surface area contributed by atoms with Crippen LogP contribution in [0.25, 0.3) is 22.2 Å². The fourth-order valence-electron chi connectivity index (χ4n) is 2.41. The number of hydrogen-bond acceptors (Lipinski definition) is 3. The Hall–Kier alpha value is -2.42. The Balaban J connectivity index is 2.10. The number of rotatable bonds is 4. The molecule has 0 amide bonds. The predicted octanol–water partition coefficient (Wildman–Crippen LogP) is 4.29. The molecule has 0 fully saturated rings. The lowest BCUT2D eigenvalue weighted by molar-refractivity contribution is 0.999. The minimum atomic E-state index is 0.788. The van der Waals surface area contributed by atoms with Crippen molar-refractivity contribution in [3.8, 4) is 11.4 Å². The van der Waals surface area contributed by atoms with Gasteiger partial charge in [0.05, 0.1) is 0 Å². The Morgan fingerprint density at radius 2 is 1.71 bits per heavy atom. The van der Waals surface area contributed by atoms with Crippen LogP contribution in [0.3, 0.4) is 0 Å². The van der Waals surface area contributed by atoms with Crippen LogP contribution in [0.4, 0.5) is 5.82 Å². The Kier molecular flexibility index (Phi) is 3.82. The van der Waals surface area contributed by atoms with E-state index < -0.39 is 0 Å². The third-order valence-corrected chi connectivity index (χ3v) is 3.51. The third kappa shape index (κ3) is 2.87. The van der Waals surface area contributed by atoms with Crippen LogP contribution in [-0.4, -0.2) is 16.5 Å². The maximum atomic E-state index is 4.66. The zero-order valence-electron chi connectivity index (χ0n) is 12.4. The predicted molar refractivity (Wildman–Crippen MR) is 88.5 cm³/mol. The molecule has 2 aromatic carbocycles. The number of fused-ring (bicyclic) bond motifs is 1. The highest BCUT2D eigenvalue weighted by Crippen LogP contribution is 2.23. The second-order valence-electron chi connectivity index (χ2n) is 5.01. The first-order valence-electron chi connectivity index (χ1n) is 7.41. The largest absolute Gasteiger partial charge is 0.370 e. The van der Waals surface area contributed by atoms with Gasteiger partial charge in [-0.2, -0.15) is 0 Å². The average molecular weight is 277 g/mol. The maximum absolute atomic E-state index is 4.66. The Morgan fingerprint density at radius 3 is 2.48 bits per heavy atom. The normalized spacial score (nSPS) is 10.8. The molecule has 21 heavy (non-hydrogen) atoms. The van der Waals surface area contributed by atoms with Crippen molar-refractivity contribution in [1.29, 1.82) is 0 Å². The second-order valence-corrected chi connectivity index (χ2v) is 5.01. The van der Waals surface area contributed by atoms with Gasteiger partial charge in [-0.25, -0.2) is 9.97 Å². The minimum absolute atomic E-state index is 0.788. The molecule has 3 heteroatoms. The molecule has 1 aromatic heterocycles. The molecule has 1 heterocycles. The van der Waals surface area contributed by atoms with E-state index >= 15 is 0 Å². The van der Waals surface area contributed by atoms with E-state index in [2.05, 4.69) is 71.6 Å². The highest BCUT2D eigenvalue weighted by Gasteiger charge is 2.06. The molecule has 3 rings (SSSR count). The molecular weight excluding hydrogens is 258 g/mol. The Morgan fingerprint density at radius 1 is 0.905 bits per heavy atom. The molecule has 106 valence electrons. The summed E-state index contributed by atoms with van der Waals surface area (Å²) >= 11 is 0. The van der Waals surface area contributed by atoms with E-state index in [-0.39, 0.29) is 0 Å². The lowest BCUT2D eigenvalue weighted by atomic mass is 10.1. The highest BCUT2D eigenvalue weighted by atomic mass is 15.0. The number of aryl methyl sites for hydroxylation is 1. The van der Waals surface area contributed by atoms with Gasteiger partial charge in [0.2, 0.25) is 0 Å². The lowest BCUT2D eigenvalue weighted by Gasteiger charge is -2.09. The topological polar surface area (TPSA) is 37.8 Å². The van der Waals surface area contributed by atoms with Gasteiger partial charge < -0.3 is 5.32 Å². The molecule has 0 bridgehead atoms. The molecule has 0 atom stereocenters. The van der Waals surface area contributed by atoms with Crippen LogP contribution in [0.15, 0.2) is 48.5 Å². The van der Waals surface area contributed by atoms with Gasteiger partial charge in [-0.15, -0.1) is 0 Å². The van der Waals surface area contributed by atoms with Crippen LogP contribution in [0.5, 0.6) is 0 Å². The van der Waals surface area contributed by atoms with Gasteiger partial charge in [0.25, 0.3) is 0 Å². The van der Waals surface area contributed by atoms with Crippen molar-refractivity contribution in [3.05, 3.63) is 54.2 Å². The van der Waals surface area contributed by atoms with Crippen LogP contribution in [0, 0.1) is 0 Å². The average Bonchev–Trinajstić information content (AvgIpc) is 2.54. The Labute approximate surface area is 125 Å². The van der Waals surface area contributed by atoms with Gasteiger partial charge in [0, 0.05) is 23.9 Å². The first kappa shape index (κ1) is 13.6. The van der Waals surface area contributed by atoms with Gasteiger partial charge >= 0.3 is 0 Å². The molecule has 0 unspecified atom stereocenters. The van der Waals surface area contributed by atoms with Crippen LogP contribution < -0.4 is 5.32 Å². The number of anilines is 1. The van der Waals surface area contributed by atoms with Gasteiger partial charge in [-0.1, -0.05) is 43.3 Å². The van der Waals surface area contributed by atoms with E-state index in [0.29, 0.717) is 0 Å². The summed E-state index contributed by atoms with van der Waals surface area (Å²) in [5, 5.41) is 5.73. The Bertz CT molecular complexity index is 765. The summed E-state index contributed by atoms with van der Waals surface area (Å²) in [6, 6.07) is 16.7. The summed E-state index contributed by atoms with van der Waals surface area (Å²) < 4.78 is 0. The number of benzene rings is 2. The first-order valence-corrected chi connectivity index (χ1v) is 7.41. The molecule has 0 aliphatic rings. The van der Waals surface area contributed by atoms with E-state index in [0.717, 1.165) is 35.9 Å². The van der Waals surface area contributed by atoms with Gasteiger partial charge in [0.15, 0.2) is 5.82 Å². The van der Waals surface area contributed by atoms with Gasteiger partial charge in [0.1, 0.15) is 5.82 Å². The zero-order valence-corrected chi connectivity index (χ0v) is 12.4. The first-order chi connectivity index (χ1) is 10.3. The third-order valence-electron chi connectivity index (χ3n) is 3.51. The molecule has 0 saturated heterocycles. The van der Waals surface area contributed by atoms with Crippen molar-refractivity contribution < 1.29 is 0 Å². The fourth-order valence-corrected chi connectivity index (χ4v) is 2.41. The second kappa shape index (κ2) is 5.92. The van der Waals surface area contributed by atoms with E-state index in [1.807, 2.05) is 6.07 Å². The summed E-state index contributed by atoms with van der Waals surface area (Å²) in [7, 11) is 0. The SMILES string of the molecule is CCNc1cc(CC)nc(-c2ccc3ccccc3c2)n1. The molecular formula is C18H19N3. The summed E-state index contributed by atoms with van der Waals surface area (Å²) in [5.74, 6) is 1.68. The van der Waals surface area contributed by atoms with Crippen molar-refractivity contribution in [1.82, 2.24) is 9.97 Å². The monoisotopic (exact) mass is 277 g/mol. The fraction of sp³-hybridized carbons (Fsp3) is 0.222. The van der Waals surface area contributed by atoms with E-state index in [1.54, 1.807) is 0 Å². The van der Waals surface area contributed by atoms with Crippen molar-refractivity contribution >= 4 is 16.6 Å². The standard InChI is InChI=1S/C18H19N3/c1-3-16-12-17(19-4-2)21-18(20-16)15-10-9-13-7-5-6-8-14(13)11-15/h5-12H,3-4H2,1-2H3,(H,19,20,21).